The fraction of sp³-hybridized carbons (Fsp3) is 0.294. The number of hydrogen-bond acceptors (Lipinski definition) is 5. The van der Waals surface area contributed by atoms with Crippen molar-refractivity contribution in [2.45, 2.75) is 13.0 Å². The molecule has 0 bridgehead atoms. The molecule has 0 radical (unpaired) electrons. The summed E-state index contributed by atoms with van der Waals surface area (Å²) in [5.41, 5.74) is 1.15. The van der Waals surface area contributed by atoms with E-state index in [2.05, 4.69) is 10.3 Å². The van der Waals surface area contributed by atoms with Gasteiger partial charge in [-0.05, 0) is 19.1 Å². The van der Waals surface area contributed by atoms with Gasteiger partial charge in [0.2, 0.25) is 0 Å². The lowest BCUT2D eigenvalue weighted by molar-refractivity contribution is 0.0935. The zero-order chi connectivity index (χ0) is 16.8. The number of amides is 1. The molecule has 6 heteroatoms. The summed E-state index contributed by atoms with van der Waals surface area (Å²) in [7, 11) is 4.54. The van der Waals surface area contributed by atoms with Crippen LogP contribution in [0.1, 0.15) is 29.0 Å². The largest absolute Gasteiger partial charge is 0.496 e. The van der Waals surface area contributed by atoms with Crippen molar-refractivity contribution >= 4 is 5.91 Å². The molecule has 6 nitrogen and oxygen atoms in total. The summed E-state index contributed by atoms with van der Waals surface area (Å²) < 4.78 is 15.7. The molecule has 122 valence electrons. The molecule has 0 spiro atoms. The molecule has 0 aliphatic carbocycles. The van der Waals surface area contributed by atoms with E-state index in [1.807, 2.05) is 25.1 Å². The highest BCUT2D eigenvalue weighted by atomic mass is 16.5. The number of nitrogens with zero attached hydrogens (tertiary/aromatic N) is 1. The third-order valence-electron chi connectivity index (χ3n) is 3.43. The second kappa shape index (κ2) is 7.49. The normalized spacial score (nSPS) is 11.5. The van der Waals surface area contributed by atoms with Crippen molar-refractivity contribution in [1.82, 2.24) is 10.3 Å². The van der Waals surface area contributed by atoms with Gasteiger partial charge in [-0.25, -0.2) is 0 Å². The SMILES string of the molecule is COc1cc(OC)c(C(=O)NC(C)c2ccccn2)cc1OC. The quantitative estimate of drug-likeness (QED) is 0.887. The number of ether oxygens (including phenoxy) is 3. The van der Waals surface area contributed by atoms with Crippen LogP contribution in [0.4, 0.5) is 0 Å². The molecule has 1 amide bonds. The van der Waals surface area contributed by atoms with Crippen molar-refractivity contribution in [2.75, 3.05) is 21.3 Å². The van der Waals surface area contributed by atoms with Gasteiger partial charge in [0, 0.05) is 18.3 Å². The van der Waals surface area contributed by atoms with E-state index in [0.29, 0.717) is 22.8 Å². The van der Waals surface area contributed by atoms with Crippen molar-refractivity contribution in [2.24, 2.45) is 0 Å². The molecule has 1 atom stereocenters. The maximum atomic E-state index is 12.6. The monoisotopic (exact) mass is 316 g/mol. The second-order valence-corrected chi connectivity index (χ2v) is 4.86. The third kappa shape index (κ3) is 3.71. The first-order valence-corrected chi connectivity index (χ1v) is 7.12. The molecule has 23 heavy (non-hydrogen) atoms. The van der Waals surface area contributed by atoms with E-state index in [1.54, 1.807) is 18.3 Å². The predicted octanol–water partition coefficient (Wildman–Crippen LogP) is 2.60. The van der Waals surface area contributed by atoms with Crippen LogP contribution in [0.25, 0.3) is 0 Å². The van der Waals surface area contributed by atoms with Gasteiger partial charge in [-0.3, -0.25) is 9.78 Å². The summed E-state index contributed by atoms with van der Waals surface area (Å²) in [4.78, 5) is 16.8. The molecule has 1 N–H and O–H groups in total. The first kappa shape index (κ1) is 16.6. The molecular weight excluding hydrogens is 296 g/mol. The highest BCUT2D eigenvalue weighted by Gasteiger charge is 2.19. The predicted molar refractivity (Wildman–Crippen MR) is 86.2 cm³/mol. The third-order valence-corrected chi connectivity index (χ3v) is 3.43. The number of rotatable bonds is 6. The fourth-order valence-corrected chi connectivity index (χ4v) is 2.19. The van der Waals surface area contributed by atoms with Crippen LogP contribution in [0.5, 0.6) is 17.2 Å². The van der Waals surface area contributed by atoms with Crippen LogP contribution in [0.15, 0.2) is 36.5 Å². The van der Waals surface area contributed by atoms with E-state index in [4.69, 9.17) is 14.2 Å². The number of aromatic nitrogens is 1. The molecule has 0 saturated heterocycles. The lowest BCUT2D eigenvalue weighted by Gasteiger charge is -2.17. The Balaban J connectivity index is 2.28. The molecule has 2 rings (SSSR count). The van der Waals surface area contributed by atoms with Crippen molar-refractivity contribution in [3.05, 3.63) is 47.8 Å². The lowest BCUT2D eigenvalue weighted by atomic mass is 10.1. The number of hydrogen-bond donors (Lipinski definition) is 1. The highest BCUT2D eigenvalue weighted by molar-refractivity contribution is 5.98. The van der Waals surface area contributed by atoms with Gasteiger partial charge < -0.3 is 19.5 Å². The summed E-state index contributed by atoms with van der Waals surface area (Å²) in [6.45, 7) is 1.87. The molecular formula is C17H20N2O4. The van der Waals surface area contributed by atoms with E-state index in [1.165, 1.54) is 21.3 Å². The van der Waals surface area contributed by atoms with Crippen LogP contribution < -0.4 is 19.5 Å². The van der Waals surface area contributed by atoms with Crippen molar-refractivity contribution in [3.63, 3.8) is 0 Å². The van der Waals surface area contributed by atoms with Crippen molar-refractivity contribution in [3.8, 4) is 17.2 Å². The molecule has 2 aromatic rings. The number of nitrogens with one attached hydrogen (secondary N) is 1. The van der Waals surface area contributed by atoms with Gasteiger partial charge in [0.1, 0.15) is 5.75 Å². The molecule has 1 heterocycles. The van der Waals surface area contributed by atoms with E-state index in [9.17, 15) is 4.79 Å². The van der Waals surface area contributed by atoms with Crippen molar-refractivity contribution < 1.29 is 19.0 Å². The Morgan fingerprint density at radius 2 is 1.70 bits per heavy atom. The Morgan fingerprint density at radius 3 is 2.26 bits per heavy atom. The second-order valence-electron chi connectivity index (χ2n) is 4.86. The lowest BCUT2D eigenvalue weighted by Crippen LogP contribution is -2.27. The molecule has 0 saturated carbocycles. The Kier molecular flexibility index (Phi) is 5.41. The Hall–Kier alpha value is -2.76. The number of benzene rings is 1. The summed E-state index contributed by atoms with van der Waals surface area (Å²) in [5, 5.41) is 2.90. The average Bonchev–Trinajstić information content (AvgIpc) is 2.60. The first-order chi connectivity index (χ1) is 11.1. The van der Waals surface area contributed by atoms with Crippen LogP contribution in [-0.2, 0) is 0 Å². The zero-order valence-corrected chi connectivity index (χ0v) is 13.6. The molecule has 1 aromatic heterocycles. The molecule has 0 fully saturated rings. The maximum Gasteiger partial charge on any atom is 0.255 e. The number of methoxy groups -OCH3 is 3. The van der Waals surface area contributed by atoms with Gasteiger partial charge in [-0.2, -0.15) is 0 Å². The summed E-state index contributed by atoms with van der Waals surface area (Å²) in [5.74, 6) is 1.09. The van der Waals surface area contributed by atoms with Gasteiger partial charge in [0.05, 0.1) is 38.6 Å². The van der Waals surface area contributed by atoms with Crippen LogP contribution in [0.2, 0.25) is 0 Å². The standard InChI is InChI=1S/C17H20N2O4/c1-11(13-7-5-6-8-18-13)19-17(20)12-9-15(22-3)16(23-4)10-14(12)21-2/h5-11H,1-4H3,(H,19,20). The average molecular weight is 316 g/mol. The fourth-order valence-electron chi connectivity index (χ4n) is 2.19. The van der Waals surface area contributed by atoms with Crippen molar-refractivity contribution in [1.29, 1.82) is 0 Å². The van der Waals surface area contributed by atoms with Gasteiger partial charge >= 0.3 is 0 Å². The van der Waals surface area contributed by atoms with E-state index < -0.39 is 0 Å². The minimum atomic E-state index is -0.277. The number of carbonyl (C=O) groups excluding carboxylic acids is 1. The van der Waals surface area contributed by atoms with Crippen LogP contribution >= 0.6 is 0 Å². The minimum Gasteiger partial charge on any atom is -0.496 e. The Labute approximate surface area is 135 Å². The van der Waals surface area contributed by atoms with Crippen LogP contribution in [0.3, 0.4) is 0 Å². The number of pyridine rings is 1. The van der Waals surface area contributed by atoms with Crippen LogP contribution in [0, 0.1) is 0 Å². The first-order valence-electron chi connectivity index (χ1n) is 7.12. The zero-order valence-electron chi connectivity index (χ0n) is 13.6. The topological polar surface area (TPSA) is 69.7 Å². The van der Waals surface area contributed by atoms with Gasteiger partial charge in [0.15, 0.2) is 11.5 Å². The summed E-state index contributed by atoms with van der Waals surface area (Å²) in [6.07, 6.45) is 1.69. The number of carbonyl (C=O) groups is 1. The Bertz CT molecular complexity index is 674. The molecule has 0 aliphatic heterocycles. The van der Waals surface area contributed by atoms with Gasteiger partial charge in [-0.15, -0.1) is 0 Å². The summed E-state index contributed by atoms with van der Waals surface area (Å²) in [6, 6.07) is 8.55. The molecule has 0 aliphatic rings. The highest BCUT2D eigenvalue weighted by Crippen LogP contribution is 2.34. The minimum absolute atomic E-state index is 0.235. The summed E-state index contributed by atoms with van der Waals surface area (Å²) >= 11 is 0. The Morgan fingerprint density at radius 1 is 1.04 bits per heavy atom. The molecule has 1 unspecified atom stereocenters. The smallest absolute Gasteiger partial charge is 0.255 e. The van der Waals surface area contributed by atoms with Gasteiger partial charge in [0.25, 0.3) is 5.91 Å². The maximum absolute atomic E-state index is 12.6. The van der Waals surface area contributed by atoms with E-state index in [0.717, 1.165) is 5.69 Å². The molecule has 1 aromatic carbocycles. The van der Waals surface area contributed by atoms with Gasteiger partial charge in [-0.1, -0.05) is 6.07 Å². The van der Waals surface area contributed by atoms with E-state index >= 15 is 0 Å². The van der Waals surface area contributed by atoms with Crippen LogP contribution in [-0.4, -0.2) is 32.2 Å². The van der Waals surface area contributed by atoms with E-state index in [-0.39, 0.29) is 11.9 Å².